The molecule has 3 heteroatoms. The van der Waals surface area contributed by atoms with Crippen molar-refractivity contribution in [2.75, 3.05) is 25.0 Å². The maximum atomic E-state index is 12.0. The van der Waals surface area contributed by atoms with Crippen molar-refractivity contribution in [3.8, 4) is 11.1 Å². The van der Waals surface area contributed by atoms with Gasteiger partial charge in [0.2, 0.25) is 5.91 Å². The third-order valence-corrected chi connectivity index (χ3v) is 8.02. The number of likely N-dealkylation sites (tertiary alicyclic amines) is 1. The minimum absolute atomic E-state index is 0.268. The summed E-state index contributed by atoms with van der Waals surface area (Å²) in [6, 6.07) is 16.2. The summed E-state index contributed by atoms with van der Waals surface area (Å²) in [5, 5.41) is 3.54. The number of nitrogens with one attached hydrogen (secondary N) is 1. The van der Waals surface area contributed by atoms with Crippen molar-refractivity contribution in [3.63, 3.8) is 0 Å². The summed E-state index contributed by atoms with van der Waals surface area (Å²) in [7, 11) is 0. The van der Waals surface area contributed by atoms with E-state index in [1.165, 1.54) is 47.2 Å². The number of benzene rings is 2. The average Bonchev–Trinajstić information content (AvgIpc) is 3.37. The molecule has 1 saturated carbocycles. The van der Waals surface area contributed by atoms with Crippen LogP contribution in [0.5, 0.6) is 0 Å². The van der Waals surface area contributed by atoms with Gasteiger partial charge in [0.15, 0.2) is 0 Å². The molecular formula is C26H32N2O. The lowest BCUT2D eigenvalue weighted by Crippen LogP contribution is -2.40. The second-order valence-electron chi connectivity index (χ2n) is 9.50. The van der Waals surface area contributed by atoms with Crippen LogP contribution in [0.4, 0.5) is 5.69 Å². The molecule has 2 aliphatic heterocycles. The zero-order chi connectivity index (χ0) is 20.1. The molecule has 29 heavy (non-hydrogen) atoms. The van der Waals surface area contributed by atoms with Crippen LogP contribution >= 0.6 is 0 Å². The number of carbonyl (C=O) groups is 1. The smallest absolute Gasteiger partial charge is 0.222 e. The topological polar surface area (TPSA) is 32.3 Å². The molecule has 0 unspecified atom stereocenters. The van der Waals surface area contributed by atoms with Gasteiger partial charge in [0.25, 0.3) is 0 Å². The number of rotatable bonds is 3. The molecule has 152 valence electrons. The van der Waals surface area contributed by atoms with Gasteiger partial charge < -0.3 is 10.2 Å². The molecule has 0 bridgehead atoms. The number of hydrogen-bond acceptors (Lipinski definition) is 2. The van der Waals surface area contributed by atoms with Crippen molar-refractivity contribution in [1.82, 2.24) is 4.90 Å². The zero-order valence-electron chi connectivity index (χ0n) is 17.8. The molecule has 2 heterocycles. The normalized spacial score (nSPS) is 24.7. The summed E-state index contributed by atoms with van der Waals surface area (Å²) >= 11 is 0. The van der Waals surface area contributed by atoms with Crippen LogP contribution in [-0.2, 0) is 16.6 Å². The zero-order valence-corrected chi connectivity index (χ0v) is 17.8. The third-order valence-electron chi connectivity index (χ3n) is 8.02. The lowest BCUT2D eigenvalue weighted by Gasteiger charge is -2.35. The van der Waals surface area contributed by atoms with Gasteiger partial charge in [0.05, 0.1) is 0 Å². The number of hydrogen-bond donors (Lipinski definition) is 1. The van der Waals surface area contributed by atoms with E-state index in [4.69, 9.17) is 0 Å². The van der Waals surface area contributed by atoms with E-state index in [0.717, 1.165) is 32.5 Å². The predicted octanol–water partition coefficient (Wildman–Crippen LogP) is 5.39. The Balaban J connectivity index is 1.32. The summed E-state index contributed by atoms with van der Waals surface area (Å²) in [5.74, 6) is 0.311. The van der Waals surface area contributed by atoms with Gasteiger partial charge in [-0.2, -0.15) is 0 Å². The molecule has 1 saturated heterocycles. The van der Waals surface area contributed by atoms with Crippen LogP contribution in [0, 0.1) is 5.41 Å². The fraction of sp³-hybridized carbons (Fsp3) is 0.500. The van der Waals surface area contributed by atoms with Crippen molar-refractivity contribution in [2.24, 2.45) is 5.41 Å². The van der Waals surface area contributed by atoms with Gasteiger partial charge in [0, 0.05) is 31.7 Å². The molecular weight excluding hydrogens is 356 g/mol. The molecule has 1 spiro atoms. The molecule has 1 atom stereocenters. The van der Waals surface area contributed by atoms with Crippen LogP contribution in [0.1, 0.15) is 57.1 Å². The summed E-state index contributed by atoms with van der Waals surface area (Å²) in [5.41, 5.74) is 7.47. The molecule has 2 aromatic carbocycles. The first-order valence-corrected chi connectivity index (χ1v) is 11.3. The van der Waals surface area contributed by atoms with Crippen LogP contribution in [-0.4, -0.2) is 30.4 Å². The highest BCUT2D eigenvalue weighted by atomic mass is 16.2. The van der Waals surface area contributed by atoms with Crippen molar-refractivity contribution in [2.45, 2.75) is 57.8 Å². The highest BCUT2D eigenvalue weighted by Gasteiger charge is 2.64. The standard InChI is InChI=1S/C26H32N2O/c1-3-24(29)28-15-12-26(13-16-28)18-25(26,2)22-10-8-19(9-11-22)21-7-6-20-5-4-14-27-23(20)17-21/h6-11,17,27H,3-5,12-16,18H2,1-2H3/t25-/m1/s1. The first kappa shape index (κ1) is 18.7. The molecule has 0 aromatic heterocycles. The SMILES string of the molecule is CCC(=O)N1CCC2(CC1)C[C@]2(C)c1ccc(-c2ccc3c(c2)NCCC3)cc1. The highest BCUT2D eigenvalue weighted by Crippen LogP contribution is 2.69. The van der Waals surface area contributed by atoms with E-state index < -0.39 is 0 Å². The number of anilines is 1. The number of piperidine rings is 1. The number of amides is 1. The fourth-order valence-electron chi connectivity index (χ4n) is 5.85. The van der Waals surface area contributed by atoms with E-state index in [-0.39, 0.29) is 5.41 Å². The summed E-state index contributed by atoms with van der Waals surface area (Å²) < 4.78 is 0. The summed E-state index contributed by atoms with van der Waals surface area (Å²) in [6.07, 6.45) is 6.59. The molecule has 1 aliphatic carbocycles. The van der Waals surface area contributed by atoms with Crippen LogP contribution < -0.4 is 5.32 Å². The Morgan fingerprint density at radius 1 is 1.07 bits per heavy atom. The highest BCUT2D eigenvalue weighted by molar-refractivity contribution is 5.76. The lowest BCUT2D eigenvalue weighted by molar-refractivity contribution is -0.132. The molecule has 0 radical (unpaired) electrons. The van der Waals surface area contributed by atoms with Gasteiger partial charge in [-0.3, -0.25) is 4.79 Å². The minimum Gasteiger partial charge on any atom is -0.385 e. The van der Waals surface area contributed by atoms with Gasteiger partial charge >= 0.3 is 0 Å². The monoisotopic (exact) mass is 388 g/mol. The lowest BCUT2D eigenvalue weighted by atomic mass is 9.81. The van der Waals surface area contributed by atoms with Crippen molar-refractivity contribution in [1.29, 1.82) is 0 Å². The second kappa shape index (κ2) is 6.90. The van der Waals surface area contributed by atoms with E-state index in [9.17, 15) is 4.79 Å². The first-order chi connectivity index (χ1) is 14.0. The van der Waals surface area contributed by atoms with E-state index >= 15 is 0 Å². The Kier molecular flexibility index (Phi) is 4.45. The van der Waals surface area contributed by atoms with Crippen molar-refractivity contribution >= 4 is 11.6 Å². The number of carbonyl (C=O) groups excluding carboxylic acids is 1. The number of fused-ring (bicyclic) bond motifs is 1. The Morgan fingerprint density at radius 3 is 2.52 bits per heavy atom. The van der Waals surface area contributed by atoms with E-state index in [1.807, 2.05) is 6.92 Å². The van der Waals surface area contributed by atoms with Crippen molar-refractivity contribution in [3.05, 3.63) is 53.6 Å². The Morgan fingerprint density at radius 2 is 1.79 bits per heavy atom. The quantitative estimate of drug-likeness (QED) is 0.764. The van der Waals surface area contributed by atoms with Crippen LogP contribution in [0.25, 0.3) is 11.1 Å². The van der Waals surface area contributed by atoms with E-state index in [0.29, 0.717) is 17.7 Å². The maximum Gasteiger partial charge on any atom is 0.222 e. The fourth-order valence-corrected chi connectivity index (χ4v) is 5.85. The molecule has 2 fully saturated rings. The van der Waals surface area contributed by atoms with Gasteiger partial charge in [-0.1, -0.05) is 50.2 Å². The molecule has 3 nitrogen and oxygen atoms in total. The molecule has 1 amide bonds. The third kappa shape index (κ3) is 3.06. The predicted molar refractivity (Wildman–Crippen MR) is 119 cm³/mol. The molecule has 5 rings (SSSR count). The Hall–Kier alpha value is -2.29. The minimum atomic E-state index is 0.268. The van der Waals surface area contributed by atoms with Gasteiger partial charge in [-0.05, 0) is 71.3 Å². The summed E-state index contributed by atoms with van der Waals surface area (Å²) in [6.45, 7) is 7.35. The number of aryl methyl sites for hydroxylation is 1. The molecule has 3 aliphatic rings. The number of nitrogens with zero attached hydrogens (tertiary/aromatic N) is 1. The second-order valence-corrected chi connectivity index (χ2v) is 9.50. The van der Waals surface area contributed by atoms with Gasteiger partial charge in [0.1, 0.15) is 0 Å². The first-order valence-electron chi connectivity index (χ1n) is 11.3. The average molecular weight is 389 g/mol. The largest absolute Gasteiger partial charge is 0.385 e. The van der Waals surface area contributed by atoms with Crippen LogP contribution in [0.2, 0.25) is 0 Å². The summed E-state index contributed by atoms with van der Waals surface area (Å²) in [4.78, 5) is 14.1. The van der Waals surface area contributed by atoms with Crippen LogP contribution in [0.15, 0.2) is 42.5 Å². The molecule has 1 N–H and O–H groups in total. The van der Waals surface area contributed by atoms with Gasteiger partial charge in [-0.15, -0.1) is 0 Å². The Labute approximate surface area is 174 Å². The molecule has 2 aromatic rings. The Bertz CT molecular complexity index is 924. The van der Waals surface area contributed by atoms with Crippen molar-refractivity contribution < 1.29 is 4.79 Å². The van der Waals surface area contributed by atoms with Gasteiger partial charge in [-0.25, -0.2) is 0 Å². The maximum absolute atomic E-state index is 12.0. The van der Waals surface area contributed by atoms with E-state index in [2.05, 4.69) is 59.6 Å². The van der Waals surface area contributed by atoms with E-state index in [1.54, 1.807) is 0 Å². The van der Waals surface area contributed by atoms with Crippen LogP contribution in [0.3, 0.4) is 0 Å².